The van der Waals surface area contributed by atoms with Gasteiger partial charge in [-0.05, 0) is 74.9 Å². The Hall–Kier alpha value is -2.35. The van der Waals surface area contributed by atoms with Crippen molar-refractivity contribution in [2.45, 2.75) is 41.5 Å². The number of aliphatic carboxylic acids is 1. The highest BCUT2D eigenvalue weighted by Gasteiger charge is 2.05. The summed E-state index contributed by atoms with van der Waals surface area (Å²) in [7, 11) is 0. The first-order valence-corrected chi connectivity index (χ1v) is 7.74. The number of rotatable bonds is 5. The first kappa shape index (κ1) is 18.7. The molecule has 0 fully saturated rings. The molecule has 0 heterocycles. The second kappa shape index (κ2) is 8.33. The molecule has 122 valence electrons. The highest BCUT2D eigenvalue weighted by Crippen LogP contribution is 2.23. The van der Waals surface area contributed by atoms with Gasteiger partial charge < -0.3 is 5.11 Å². The largest absolute Gasteiger partial charge is 0.478 e. The molecule has 1 rings (SSSR count). The molecular formula is C21H26O2. The lowest BCUT2D eigenvalue weighted by Crippen LogP contribution is -1.94. The summed E-state index contributed by atoms with van der Waals surface area (Å²) in [6.07, 6.45) is 11.1. The van der Waals surface area contributed by atoms with Crippen LogP contribution in [0.15, 0.2) is 47.6 Å². The molecule has 0 unspecified atom stereocenters. The molecule has 1 aromatic rings. The van der Waals surface area contributed by atoms with Gasteiger partial charge in [0.1, 0.15) is 0 Å². The molecule has 0 amide bonds. The summed E-state index contributed by atoms with van der Waals surface area (Å²) < 4.78 is 0. The Morgan fingerprint density at radius 1 is 0.957 bits per heavy atom. The number of carbonyl (C=O) groups is 1. The molecule has 1 aromatic carbocycles. The van der Waals surface area contributed by atoms with Crippen LogP contribution in [0.2, 0.25) is 0 Å². The highest BCUT2D eigenvalue weighted by atomic mass is 16.4. The van der Waals surface area contributed by atoms with E-state index in [1.54, 1.807) is 13.0 Å². The zero-order valence-corrected chi connectivity index (χ0v) is 14.9. The van der Waals surface area contributed by atoms with Gasteiger partial charge in [0.25, 0.3) is 0 Å². The number of aryl methyl sites for hydroxylation is 2. The number of benzene rings is 1. The average Bonchev–Trinajstić information content (AvgIpc) is 2.44. The molecule has 0 atom stereocenters. The SMILES string of the molecule is CC(C=Cc1c(C)cc(C)c(C)c1C)=CC=CC(C)=CC(=O)O. The van der Waals surface area contributed by atoms with Crippen molar-refractivity contribution < 1.29 is 9.90 Å². The zero-order valence-electron chi connectivity index (χ0n) is 14.9. The van der Waals surface area contributed by atoms with Crippen LogP contribution in [0.3, 0.4) is 0 Å². The lowest BCUT2D eigenvalue weighted by Gasteiger charge is -2.12. The van der Waals surface area contributed by atoms with Crippen LogP contribution >= 0.6 is 0 Å². The molecule has 0 aliphatic heterocycles. The first-order chi connectivity index (χ1) is 10.7. The normalized spacial score (nSPS) is 13.3. The lowest BCUT2D eigenvalue weighted by atomic mass is 9.94. The van der Waals surface area contributed by atoms with Crippen LogP contribution in [-0.2, 0) is 4.79 Å². The minimum Gasteiger partial charge on any atom is -0.478 e. The smallest absolute Gasteiger partial charge is 0.328 e. The van der Waals surface area contributed by atoms with Crippen molar-refractivity contribution in [2.75, 3.05) is 0 Å². The van der Waals surface area contributed by atoms with E-state index in [1.807, 2.05) is 19.1 Å². The van der Waals surface area contributed by atoms with Crippen molar-refractivity contribution >= 4 is 12.0 Å². The Labute approximate surface area is 139 Å². The van der Waals surface area contributed by atoms with Crippen LogP contribution in [0.5, 0.6) is 0 Å². The van der Waals surface area contributed by atoms with Gasteiger partial charge in [-0.3, -0.25) is 0 Å². The molecule has 2 nitrogen and oxygen atoms in total. The fraction of sp³-hybridized carbons (Fsp3) is 0.286. The molecule has 0 radical (unpaired) electrons. The van der Waals surface area contributed by atoms with Gasteiger partial charge in [-0.1, -0.05) is 42.0 Å². The minimum atomic E-state index is -0.923. The molecule has 0 aliphatic rings. The number of hydrogen-bond donors (Lipinski definition) is 1. The maximum atomic E-state index is 10.5. The summed E-state index contributed by atoms with van der Waals surface area (Å²) in [5.74, 6) is -0.923. The quantitative estimate of drug-likeness (QED) is 0.578. The van der Waals surface area contributed by atoms with Crippen molar-refractivity contribution in [1.29, 1.82) is 0 Å². The van der Waals surface area contributed by atoms with E-state index in [2.05, 4.69) is 45.9 Å². The predicted molar refractivity (Wildman–Crippen MR) is 98.7 cm³/mol. The fourth-order valence-electron chi connectivity index (χ4n) is 2.43. The lowest BCUT2D eigenvalue weighted by molar-refractivity contribution is -0.131. The van der Waals surface area contributed by atoms with Gasteiger partial charge in [-0.25, -0.2) is 4.79 Å². The Balaban J connectivity index is 2.94. The summed E-state index contributed by atoms with van der Waals surface area (Å²) in [4.78, 5) is 10.5. The van der Waals surface area contributed by atoms with Crippen LogP contribution < -0.4 is 0 Å². The summed E-state index contributed by atoms with van der Waals surface area (Å²) in [6.45, 7) is 12.4. The summed E-state index contributed by atoms with van der Waals surface area (Å²) >= 11 is 0. The minimum absolute atomic E-state index is 0.714. The number of carboxylic acid groups (broad SMARTS) is 1. The van der Waals surface area contributed by atoms with E-state index >= 15 is 0 Å². The topological polar surface area (TPSA) is 37.3 Å². The van der Waals surface area contributed by atoms with Gasteiger partial charge in [0.15, 0.2) is 0 Å². The van der Waals surface area contributed by atoms with E-state index in [0.717, 1.165) is 5.57 Å². The van der Waals surface area contributed by atoms with Crippen LogP contribution in [-0.4, -0.2) is 11.1 Å². The Bertz CT molecular complexity index is 714. The molecule has 2 heteroatoms. The van der Waals surface area contributed by atoms with Crippen molar-refractivity contribution in [1.82, 2.24) is 0 Å². The molecule has 0 saturated heterocycles. The third kappa shape index (κ3) is 5.74. The van der Waals surface area contributed by atoms with E-state index in [-0.39, 0.29) is 0 Å². The third-order valence-electron chi connectivity index (χ3n) is 4.00. The Morgan fingerprint density at radius 2 is 1.61 bits per heavy atom. The molecule has 1 N–H and O–H groups in total. The van der Waals surface area contributed by atoms with Crippen LogP contribution in [0.25, 0.3) is 6.08 Å². The standard InChI is InChI=1S/C21H26O2/c1-14(8-7-9-15(2)12-21(22)23)10-11-20-17(4)13-16(3)18(5)19(20)6/h7-13H,1-6H3,(H,22,23). The van der Waals surface area contributed by atoms with Crippen molar-refractivity contribution in [3.8, 4) is 0 Å². The zero-order chi connectivity index (χ0) is 17.6. The molecule has 0 aromatic heterocycles. The second-order valence-corrected chi connectivity index (χ2v) is 6.00. The van der Waals surface area contributed by atoms with Crippen LogP contribution in [0.1, 0.15) is 41.7 Å². The molecule has 0 spiro atoms. The van der Waals surface area contributed by atoms with Crippen molar-refractivity contribution in [2.24, 2.45) is 0 Å². The number of carboxylic acids is 1. The van der Waals surface area contributed by atoms with Gasteiger partial charge in [0.05, 0.1) is 0 Å². The van der Waals surface area contributed by atoms with Crippen molar-refractivity contribution in [3.63, 3.8) is 0 Å². The first-order valence-electron chi connectivity index (χ1n) is 7.74. The van der Waals surface area contributed by atoms with Crippen LogP contribution in [0, 0.1) is 27.7 Å². The van der Waals surface area contributed by atoms with Gasteiger partial charge in [-0.15, -0.1) is 0 Å². The molecule has 0 bridgehead atoms. The van der Waals surface area contributed by atoms with E-state index in [0.29, 0.717) is 5.57 Å². The van der Waals surface area contributed by atoms with E-state index in [1.165, 1.54) is 33.9 Å². The summed E-state index contributed by atoms with van der Waals surface area (Å²) in [5.41, 5.74) is 8.37. The van der Waals surface area contributed by atoms with Gasteiger partial charge in [0, 0.05) is 6.08 Å². The molecule has 0 aliphatic carbocycles. The van der Waals surface area contributed by atoms with Gasteiger partial charge in [-0.2, -0.15) is 0 Å². The number of hydrogen-bond acceptors (Lipinski definition) is 1. The summed E-state index contributed by atoms with van der Waals surface area (Å²) in [6, 6.07) is 2.22. The maximum absolute atomic E-state index is 10.5. The Kier molecular flexibility index (Phi) is 6.77. The van der Waals surface area contributed by atoms with Gasteiger partial charge in [0.2, 0.25) is 0 Å². The second-order valence-electron chi connectivity index (χ2n) is 6.00. The number of allylic oxidation sites excluding steroid dienone is 6. The predicted octanol–water partition coefficient (Wildman–Crippen LogP) is 5.47. The molecule has 0 saturated carbocycles. The van der Waals surface area contributed by atoms with Crippen LogP contribution in [0.4, 0.5) is 0 Å². The summed E-state index contributed by atoms with van der Waals surface area (Å²) in [5, 5.41) is 8.66. The maximum Gasteiger partial charge on any atom is 0.328 e. The highest BCUT2D eigenvalue weighted by molar-refractivity contribution is 5.81. The van der Waals surface area contributed by atoms with Gasteiger partial charge >= 0.3 is 5.97 Å². The fourth-order valence-corrected chi connectivity index (χ4v) is 2.43. The molecule has 23 heavy (non-hydrogen) atoms. The molecular weight excluding hydrogens is 284 g/mol. The Morgan fingerprint density at radius 3 is 2.22 bits per heavy atom. The van der Waals surface area contributed by atoms with E-state index in [9.17, 15) is 4.79 Å². The average molecular weight is 310 g/mol. The third-order valence-corrected chi connectivity index (χ3v) is 4.00. The van der Waals surface area contributed by atoms with E-state index in [4.69, 9.17) is 5.11 Å². The van der Waals surface area contributed by atoms with E-state index < -0.39 is 5.97 Å². The van der Waals surface area contributed by atoms with Crippen molar-refractivity contribution in [3.05, 3.63) is 75.4 Å². The monoisotopic (exact) mass is 310 g/mol.